The van der Waals surface area contributed by atoms with Gasteiger partial charge in [0.25, 0.3) is 0 Å². The Hall–Kier alpha value is -1.87. The summed E-state index contributed by atoms with van der Waals surface area (Å²) in [7, 11) is 0. The normalized spacial score (nSPS) is 11.7. The van der Waals surface area contributed by atoms with Crippen LogP contribution < -0.4 is 0 Å². The van der Waals surface area contributed by atoms with Crippen LogP contribution in [-0.4, -0.2) is 9.38 Å². The second-order valence-electron chi connectivity index (χ2n) is 4.75. The Kier molecular flexibility index (Phi) is 2.21. The number of fused-ring (bicyclic) bond motifs is 6. The molecule has 0 saturated heterocycles. The number of benzene rings is 2. The summed E-state index contributed by atoms with van der Waals surface area (Å²) in [5, 5.41) is 3.67. The van der Waals surface area contributed by atoms with Gasteiger partial charge in [0.05, 0.1) is 5.52 Å². The lowest BCUT2D eigenvalue weighted by atomic mass is 10.0. The lowest BCUT2D eigenvalue weighted by Gasteiger charge is -2.11. The van der Waals surface area contributed by atoms with Gasteiger partial charge in [-0.15, -0.1) is 0 Å². The number of pyridine rings is 1. The van der Waals surface area contributed by atoms with E-state index < -0.39 is 0 Å². The van der Waals surface area contributed by atoms with Gasteiger partial charge in [-0.1, -0.05) is 46.3 Å². The van der Waals surface area contributed by atoms with Crippen molar-refractivity contribution >= 4 is 43.3 Å². The maximum Gasteiger partial charge on any atom is 0.145 e. The molecule has 2 aromatic carbocycles. The van der Waals surface area contributed by atoms with E-state index in [-0.39, 0.29) is 0 Å². The van der Waals surface area contributed by atoms with E-state index >= 15 is 0 Å². The van der Waals surface area contributed by atoms with E-state index in [9.17, 15) is 0 Å². The standard InChI is InChI=1S/C16H11BrN2/c1-10-4-2-5-11-14-12(6-3-7-13(14)17)16-18-8-9-19(16)15(10)11/h2-9H,1H3. The van der Waals surface area contributed by atoms with Crippen molar-refractivity contribution in [3.8, 4) is 0 Å². The number of rotatable bonds is 0. The van der Waals surface area contributed by atoms with E-state index in [0.717, 1.165) is 10.1 Å². The number of aromatic nitrogens is 2. The van der Waals surface area contributed by atoms with Crippen LogP contribution in [0, 0.1) is 6.92 Å². The lowest BCUT2D eigenvalue weighted by Crippen LogP contribution is -1.93. The van der Waals surface area contributed by atoms with Crippen molar-refractivity contribution < 1.29 is 0 Å². The highest BCUT2D eigenvalue weighted by molar-refractivity contribution is 9.10. The number of aryl methyl sites for hydroxylation is 1. The smallest absolute Gasteiger partial charge is 0.145 e. The molecule has 3 heteroatoms. The average Bonchev–Trinajstić information content (AvgIpc) is 2.88. The molecule has 0 atom stereocenters. The van der Waals surface area contributed by atoms with Crippen LogP contribution in [0.4, 0.5) is 0 Å². The van der Waals surface area contributed by atoms with Crippen molar-refractivity contribution in [2.75, 3.05) is 0 Å². The summed E-state index contributed by atoms with van der Waals surface area (Å²) >= 11 is 3.68. The van der Waals surface area contributed by atoms with Gasteiger partial charge in [-0.2, -0.15) is 0 Å². The van der Waals surface area contributed by atoms with E-state index in [1.165, 1.54) is 27.2 Å². The second kappa shape index (κ2) is 3.81. The fraction of sp³-hybridized carbons (Fsp3) is 0.0625. The molecule has 0 radical (unpaired) electrons. The molecular formula is C16H11BrN2. The quantitative estimate of drug-likeness (QED) is 0.430. The third kappa shape index (κ3) is 1.39. The SMILES string of the molecule is Cc1cccc2c3c(Br)cccc3c3nccn3c12. The van der Waals surface area contributed by atoms with Crippen LogP contribution in [0.25, 0.3) is 27.3 Å². The molecule has 0 unspecified atom stereocenters. The molecule has 19 heavy (non-hydrogen) atoms. The van der Waals surface area contributed by atoms with Crippen LogP contribution in [-0.2, 0) is 0 Å². The summed E-state index contributed by atoms with van der Waals surface area (Å²) in [4.78, 5) is 4.52. The highest BCUT2D eigenvalue weighted by Gasteiger charge is 2.12. The molecule has 0 N–H and O–H groups in total. The van der Waals surface area contributed by atoms with Crippen molar-refractivity contribution in [3.05, 3.63) is 58.8 Å². The summed E-state index contributed by atoms with van der Waals surface area (Å²) in [6.07, 6.45) is 3.90. The van der Waals surface area contributed by atoms with Gasteiger partial charge in [0.2, 0.25) is 0 Å². The molecule has 0 amide bonds. The number of para-hydroxylation sites is 1. The highest BCUT2D eigenvalue weighted by Crippen LogP contribution is 2.34. The van der Waals surface area contributed by atoms with Crippen LogP contribution >= 0.6 is 15.9 Å². The maximum atomic E-state index is 4.52. The van der Waals surface area contributed by atoms with Gasteiger partial charge in [0, 0.05) is 33.0 Å². The van der Waals surface area contributed by atoms with Crippen molar-refractivity contribution in [2.24, 2.45) is 0 Å². The van der Waals surface area contributed by atoms with Crippen LogP contribution in [0.15, 0.2) is 53.3 Å². The summed E-state index contributed by atoms with van der Waals surface area (Å²) < 4.78 is 3.30. The molecule has 2 heterocycles. The van der Waals surface area contributed by atoms with Crippen molar-refractivity contribution in [2.45, 2.75) is 6.92 Å². The van der Waals surface area contributed by atoms with E-state index in [0.29, 0.717) is 0 Å². The predicted octanol–water partition coefficient (Wildman–Crippen LogP) is 4.71. The number of halogens is 1. The Morgan fingerprint density at radius 3 is 2.74 bits per heavy atom. The Labute approximate surface area is 118 Å². The number of imidazole rings is 1. The molecule has 0 bridgehead atoms. The Morgan fingerprint density at radius 1 is 1.05 bits per heavy atom. The minimum absolute atomic E-state index is 1.01. The number of hydrogen-bond donors (Lipinski definition) is 0. The molecule has 0 aliphatic carbocycles. The summed E-state index contributed by atoms with van der Waals surface area (Å²) in [5.41, 5.74) is 3.51. The fourth-order valence-corrected chi connectivity index (χ4v) is 3.43. The maximum absolute atomic E-state index is 4.52. The van der Waals surface area contributed by atoms with Gasteiger partial charge in [0.15, 0.2) is 0 Å². The second-order valence-corrected chi connectivity index (χ2v) is 5.61. The third-order valence-corrected chi connectivity index (χ3v) is 4.30. The first kappa shape index (κ1) is 11.0. The van der Waals surface area contributed by atoms with E-state index in [1.54, 1.807) is 0 Å². The lowest BCUT2D eigenvalue weighted by molar-refractivity contribution is 1.25. The fourth-order valence-electron chi connectivity index (χ4n) is 2.85. The first-order valence-corrected chi connectivity index (χ1v) is 6.99. The van der Waals surface area contributed by atoms with Gasteiger partial charge < -0.3 is 0 Å². The first-order chi connectivity index (χ1) is 9.27. The van der Waals surface area contributed by atoms with Crippen LogP contribution in [0.3, 0.4) is 0 Å². The summed E-state index contributed by atoms with van der Waals surface area (Å²) in [6.45, 7) is 2.14. The van der Waals surface area contributed by atoms with Crippen molar-refractivity contribution in [1.82, 2.24) is 9.38 Å². The van der Waals surface area contributed by atoms with E-state index in [1.807, 2.05) is 12.4 Å². The zero-order valence-corrected chi connectivity index (χ0v) is 12.0. The van der Waals surface area contributed by atoms with Gasteiger partial charge in [-0.05, 0) is 18.6 Å². The molecule has 2 nitrogen and oxygen atoms in total. The third-order valence-electron chi connectivity index (χ3n) is 3.64. The van der Waals surface area contributed by atoms with Gasteiger partial charge in [-0.3, -0.25) is 4.40 Å². The Balaban J connectivity index is 2.50. The van der Waals surface area contributed by atoms with Crippen LogP contribution in [0.1, 0.15) is 5.56 Å². The van der Waals surface area contributed by atoms with E-state index in [2.05, 4.69) is 68.6 Å². The van der Waals surface area contributed by atoms with Gasteiger partial charge in [0.1, 0.15) is 5.65 Å². The van der Waals surface area contributed by atoms with Gasteiger partial charge in [-0.25, -0.2) is 4.98 Å². The zero-order chi connectivity index (χ0) is 13.0. The summed E-state index contributed by atoms with van der Waals surface area (Å²) in [5.74, 6) is 0. The zero-order valence-electron chi connectivity index (χ0n) is 10.4. The molecular weight excluding hydrogens is 300 g/mol. The van der Waals surface area contributed by atoms with Crippen LogP contribution in [0.2, 0.25) is 0 Å². The minimum atomic E-state index is 1.01. The Morgan fingerprint density at radius 2 is 1.84 bits per heavy atom. The molecule has 4 aromatic rings. The predicted molar refractivity (Wildman–Crippen MR) is 82.6 cm³/mol. The van der Waals surface area contributed by atoms with E-state index in [4.69, 9.17) is 0 Å². The van der Waals surface area contributed by atoms with Gasteiger partial charge >= 0.3 is 0 Å². The molecule has 2 aromatic heterocycles. The molecule has 0 aliphatic rings. The van der Waals surface area contributed by atoms with Crippen LogP contribution in [0.5, 0.6) is 0 Å². The number of hydrogen-bond acceptors (Lipinski definition) is 1. The molecule has 0 aliphatic heterocycles. The minimum Gasteiger partial charge on any atom is -0.299 e. The molecule has 92 valence electrons. The molecule has 0 spiro atoms. The topological polar surface area (TPSA) is 17.3 Å². The monoisotopic (exact) mass is 310 g/mol. The first-order valence-electron chi connectivity index (χ1n) is 6.20. The largest absolute Gasteiger partial charge is 0.299 e. The molecule has 4 rings (SSSR count). The highest BCUT2D eigenvalue weighted by atomic mass is 79.9. The summed E-state index contributed by atoms with van der Waals surface area (Å²) in [6, 6.07) is 12.7. The molecule has 0 saturated carbocycles. The van der Waals surface area contributed by atoms with Crippen molar-refractivity contribution in [3.63, 3.8) is 0 Å². The average molecular weight is 311 g/mol. The molecule has 0 fully saturated rings. The van der Waals surface area contributed by atoms with Crippen molar-refractivity contribution in [1.29, 1.82) is 0 Å². The number of nitrogens with zero attached hydrogens (tertiary/aromatic N) is 2. The Bertz CT molecular complexity index is 938.